The van der Waals surface area contributed by atoms with E-state index < -0.39 is 0 Å². The normalized spacial score (nSPS) is 13.8. The van der Waals surface area contributed by atoms with E-state index in [4.69, 9.17) is 5.73 Å². The fourth-order valence-electron chi connectivity index (χ4n) is 2.36. The molecule has 1 aliphatic heterocycles. The molecule has 0 amide bonds. The smallest absolute Gasteiger partial charge is 0.252 e. The Morgan fingerprint density at radius 1 is 1.43 bits per heavy atom. The highest BCUT2D eigenvalue weighted by Crippen LogP contribution is 2.27. The molecule has 0 aliphatic carbocycles. The predicted octanol–water partition coefficient (Wildman–Crippen LogP) is 1.51. The van der Waals surface area contributed by atoms with Gasteiger partial charge in [0.1, 0.15) is 0 Å². The Bertz CT molecular complexity index is 740. The summed E-state index contributed by atoms with van der Waals surface area (Å²) in [6, 6.07) is 9.49. The van der Waals surface area contributed by atoms with Gasteiger partial charge in [0, 0.05) is 24.0 Å². The molecular formula is C14H16ClN5O. The van der Waals surface area contributed by atoms with Gasteiger partial charge >= 0.3 is 0 Å². The van der Waals surface area contributed by atoms with Crippen LogP contribution in [0.25, 0.3) is 0 Å². The van der Waals surface area contributed by atoms with E-state index in [1.54, 1.807) is 6.92 Å². The maximum absolute atomic E-state index is 11.4. The number of para-hydroxylation sites is 1. The van der Waals surface area contributed by atoms with Crippen LogP contribution in [0.4, 0.5) is 11.6 Å². The van der Waals surface area contributed by atoms with Crippen molar-refractivity contribution in [1.29, 1.82) is 0 Å². The van der Waals surface area contributed by atoms with Gasteiger partial charge in [-0.3, -0.25) is 9.78 Å². The van der Waals surface area contributed by atoms with Crippen LogP contribution in [0.5, 0.6) is 0 Å². The van der Waals surface area contributed by atoms with Crippen molar-refractivity contribution >= 4 is 30.0 Å². The van der Waals surface area contributed by atoms with Crippen LogP contribution in [0.2, 0.25) is 0 Å². The summed E-state index contributed by atoms with van der Waals surface area (Å²) in [5, 5.41) is 0. The van der Waals surface area contributed by atoms with Crippen LogP contribution in [0, 0.1) is 6.92 Å². The summed E-state index contributed by atoms with van der Waals surface area (Å²) in [6.07, 6.45) is 0.935. The summed E-state index contributed by atoms with van der Waals surface area (Å²) in [6.45, 7) is 2.53. The molecule has 21 heavy (non-hydrogen) atoms. The number of benzene rings is 1. The Labute approximate surface area is 128 Å². The van der Waals surface area contributed by atoms with Crippen LogP contribution < -0.4 is 16.2 Å². The number of nitrogens with two attached hydrogens (primary N) is 1. The van der Waals surface area contributed by atoms with Crippen molar-refractivity contribution in [2.45, 2.75) is 13.3 Å². The Hall–Kier alpha value is -2.34. The number of aliphatic imine (C=N–C) groups is 1. The van der Waals surface area contributed by atoms with Crippen molar-refractivity contribution < 1.29 is 0 Å². The minimum Gasteiger partial charge on any atom is -0.369 e. The van der Waals surface area contributed by atoms with Gasteiger partial charge in [-0.1, -0.05) is 18.2 Å². The summed E-state index contributed by atoms with van der Waals surface area (Å²) in [4.78, 5) is 24.3. The molecule has 0 radical (unpaired) electrons. The number of hydrogen-bond acceptors (Lipinski definition) is 3. The molecule has 0 unspecified atom stereocenters. The average Bonchev–Trinajstić information content (AvgIpc) is 2.81. The molecule has 3 rings (SSSR count). The molecule has 0 saturated heterocycles. The lowest BCUT2D eigenvalue weighted by atomic mass is 10.2. The van der Waals surface area contributed by atoms with Crippen LogP contribution in [-0.4, -0.2) is 22.5 Å². The van der Waals surface area contributed by atoms with E-state index in [1.807, 2.05) is 23.1 Å². The number of H-pyrrole nitrogens is 1. The first-order valence-electron chi connectivity index (χ1n) is 6.41. The largest absolute Gasteiger partial charge is 0.369 e. The van der Waals surface area contributed by atoms with Crippen molar-refractivity contribution in [1.82, 2.24) is 9.97 Å². The van der Waals surface area contributed by atoms with E-state index in [-0.39, 0.29) is 23.9 Å². The molecule has 0 atom stereocenters. The summed E-state index contributed by atoms with van der Waals surface area (Å²) in [5.74, 6) is 0.570. The number of guanidine groups is 1. The molecule has 0 saturated carbocycles. The SMILES string of the molecule is Cc1cc(=O)[nH]c(/N=C(\N)N2CCc3ccccc32)n1.Cl. The zero-order valence-electron chi connectivity index (χ0n) is 11.5. The third kappa shape index (κ3) is 3.05. The number of fused-ring (bicyclic) bond motifs is 1. The quantitative estimate of drug-likeness (QED) is 0.617. The van der Waals surface area contributed by atoms with Crippen molar-refractivity contribution in [3.8, 4) is 0 Å². The number of aromatic nitrogens is 2. The van der Waals surface area contributed by atoms with Gasteiger partial charge in [0.05, 0.1) is 0 Å². The third-order valence-electron chi connectivity index (χ3n) is 3.24. The number of nitrogens with zero attached hydrogens (tertiary/aromatic N) is 3. The second-order valence-corrected chi connectivity index (χ2v) is 4.71. The van der Waals surface area contributed by atoms with Gasteiger partial charge in [-0.15, -0.1) is 12.4 Å². The first-order valence-corrected chi connectivity index (χ1v) is 6.41. The van der Waals surface area contributed by atoms with Crippen LogP contribution in [0.1, 0.15) is 11.3 Å². The Balaban J connectivity index is 0.00000161. The highest BCUT2D eigenvalue weighted by molar-refractivity contribution is 5.97. The fourth-order valence-corrected chi connectivity index (χ4v) is 2.36. The van der Waals surface area contributed by atoms with E-state index in [0.717, 1.165) is 18.7 Å². The maximum Gasteiger partial charge on any atom is 0.252 e. The first-order chi connectivity index (χ1) is 9.63. The molecule has 6 nitrogen and oxygen atoms in total. The number of rotatable bonds is 1. The van der Waals surface area contributed by atoms with Gasteiger partial charge in [0.25, 0.3) is 5.56 Å². The monoisotopic (exact) mass is 305 g/mol. The zero-order valence-corrected chi connectivity index (χ0v) is 12.4. The van der Waals surface area contributed by atoms with Crippen molar-refractivity contribution in [2.24, 2.45) is 10.7 Å². The second-order valence-electron chi connectivity index (χ2n) is 4.71. The van der Waals surface area contributed by atoms with Crippen LogP contribution in [0.15, 0.2) is 40.1 Å². The van der Waals surface area contributed by atoms with Gasteiger partial charge in [-0.25, -0.2) is 4.98 Å². The van der Waals surface area contributed by atoms with Crippen LogP contribution in [0.3, 0.4) is 0 Å². The zero-order chi connectivity index (χ0) is 14.1. The lowest BCUT2D eigenvalue weighted by molar-refractivity contribution is 0.996. The minimum absolute atomic E-state index is 0. The average molecular weight is 306 g/mol. The van der Waals surface area contributed by atoms with Gasteiger partial charge in [0.15, 0.2) is 0 Å². The van der Waals surface area contributed by atoms with Gasteiger partial charge < -0.3 is 10.6 Å². The Morgan fingerprint density at radius 2 is 2.19 bits per heavy atom. The van der Waals surface area contributed by atoms with Gasteiger partial charge in [0.2, 0.25) is 11.9 Å². The maximum atomic E-state index is 11.4. The molecule has 2 heterocycles. The molecule has 110 valence electrons. The molecular weight excluding hydrogens is 290 g/mol. The summed E-state index contributed by atoms with van der Waals surface area (Å²) in [7, 11) is 0. The molecule has 0 bridgehead atoms. The van der Waals surface area contributed by atoms with Gasteiger partial charge in [-0.05, 0) is 25.0 Å². The minimum atomic E-state index is -0.231. The molecule has 3 N–H and O–H groups in total. The van der Waals surface area contributed by atoms with Crippen LogP contribution in [-0.2, 0) is 6.42 Å². The summed E-state index contributed by atoms with van der Waals surface area (Å²) >= 11 is 0. The van der Waals surface area contributed by atoms with E-state index in [9.17, 15) is 4.79 Å². The lowest BCUT2D eigenvalue weighted by Crippen LogP contribution is -2.35. The second kappa shape index (κ2) is 5.97. The summed E-state index contributed by atoms with van der Waals surface area (Å²) < 4.78 is 0. The van der Waals surface area contributed by atoms with E-state index in [1.165, 1.54) is 11.6 Å². The number of anilines is 1. The molecule has 7 heteroatoms. The molecule has 1 aromatic heterocycles. The summed E-state index contributed by atoms with van der Waals surface area (Å²) in [5.41, 5.74) is 8.73. The highest BCUT2D eigenvalue weighted by Gasteiger charge is 2.21. The number of hydrogen-bond donors (Lipinski definition) is 2. The number of aromatic amines is 1. The van der Waals surface area contributed by atoms with Crippen LogP contribution >= 0.6 is 12.4 Å². The van der Waals surface area contributed by atoms with E-state index in [0.29, 0.717) is 11.7 Å². The standard InChI is InChI=1S/C14H15N5O.ClH/c1-9-8-12(20)17-14(16-9)18-13(15)19-7-6-10-4-2-3-5-11(10)19;/h2-5,8H,6-7H2,1H3,(H3,15,16,17,18,20);1H. The highest BCUT2D eigenvalue weighted by atomic mass is 35.5. The van der Waals surface area contributed by atoms with E-state index >= 15 is 0 Å². The third-order valence-corrected chi connectivity index (χ3v) is 3.24. The van der Waals surface area contributed by atoms with Crippen molar-refractivity contribution in [3.05, 3.63) is 51.9 Å². The lowest BCUT2D eigenvalue weighted by Gasteiger charge is -2.17. The number of halogens is 1. The molecule has 2 aromatic rings. The molecule has 1 aromatic carbocycles. The fraction of sp³-hybridized carbons (Fsp3) is 0.214. The van der Waals surface area contributed by atoms with E-state index in [2.05, 4.69) is 21.0 Å². The Morgan fingerprint density at radius 3 is 2.95 bits per heavy atom. The predicted molar refractivity (Wildman–Crippen MR) is 85.6 cm³/mol. The topological polar surface area (TPSA) is 87.4 Å². The van der Waals surface area contributed by atoms with Crippen molar-refractivity contribution in [3.63, 3.8) is 0 Å². The number of nitrogens with one attached hydrogen (secondary N) is 1. The molecule has 0 fully saturated rings. The van der Waals surface area contributed by atoms with Crippen molar-refractivity contribution in [2.75, 3.05) is 11.4 Å². The first kappa shape index (κ1) is 15.1. The molecule has 0 spiro atoms. The molecule has 1 aliphatic rings. The van der Waals surface area contributed by atoms with Gasteiger partial charge in [-0.2, -0.15) is 4.99 Å². The Kier molecular flexibility index (Phi) is 4.28. The number of aryl methyl sites for hydroxylation is 1.